The molecule has 82 valence electrons. The molecule has 0 bridgehead atoms. The van der Waals surface area contributed by atoms with Gasteiger partial charge in [0.2, 0.25) is 0 Å². The number of benzene rings is 1. The van der Waals surface area contributed by atoms with Crippen molar-refractivity contribution in [1.29, 1.82) is 0 Å². The fourth-order valence-electron chi connectivity index (χ4n) is 0.924. The van der Waals surface area contributed by atoms with Crippen LogP contribution in [0.1, 0.15) is 5.56 Å². The first-order valence-electron chi connectivity index (χ1n) is 4.01. The Morgan fingerprint density at radius 3 is 2.60 bits per heavy atom. The van der Waals surface area contributed by atoms with Crippen LogP contribution in [0, 0.1) is 5.82 Å². The SMILES string of the molecule is NC(=S)c1ccc(OCC(F)F)c(F)c1. The molecule has 1 aromatic carbocycles. The topological polar surface area (TPSA) is 35.2 Å². The van der Waals surface area contributed by atoms with E-state index < -0.39 is 18.8 Å². The highest BCUT2D eigenvalue weighted by atomic mass is 32.1. The summed E-state index contributed by atoms with van der Waals surface area (Å²) in [6.07, 6.45) is -2.64. The van der Waals surface area contributed by atoms with Crippen LogP contribution in [0.4, 0.5) is 13.2 Å². The zero-order valence-electron chi connectivity index (χ0n) is 7.54. The van der Waals surface area contributed by atoms with Gasteiger partial charge in [0.1, 0.15) is 11.6 Å². The van der Waals surface area contributed by atoms with Gasteiger partial charge in [-0.3, -0.25) is 0 Å². The van der Waals surface area contributed by atoms with Crippen molar-refractivity contribution in [3.05, 3.63) is 29.6 Å². The minimum atomic E-state index is -2.64. The first-order chi connectivity index (χ1) is 7.00. The number of halogens is 3. The summed E-state index contributed by atoms with van der Waals surface area (Å²) in [5.74, 6) is -1.00. The molecule has 1 rings (SSSR count). The van der Waals surface area contributed by atoms with Crippen molar-refractivity contribution in [1.82, 2.24) is 0 Å². The van der Waals surface area contributed by atoms with Crippen LogP contribution in [0.3, 0.4) is 0 Å². The smallest absolute Gasteiger partial charge is 0.272 e. The Labute approximate surface area is 89.8 Å². The average molecular weight is 235 g/mol. The van der Waals surface area contributed by atoms with Crippen molar-refractivity contribution >= 4 is 17.2 Å². The molecule has 1 aromatic rings. The monoisotopic (exact) mass is 235 g/mol. The Morgan fingerprint density at radius 1 is 1.47 bits per heavy atom. The Bertz CT molecular complexity index is 370. The number of hydrogen-bond donors (Lipinski definition) is 1. The summed E-state index contributed by atoms with van der Waals surface area (Å²) >= 11 is 4.62. The van der Waals surface area contributed by atoms with E-state index in [9.17, 15) is 13.2 Å². The summed E-state index contributed by atoms with van der Waals surface area (Å²) < 4.78 is 41.2. The van der Waals surface area contributed by atoms with E-state index in [1.54, 1.807) is 0 Å². The Morgan fingerprint density at radius 2 is 2.13 bits per heavy atom. The number of ether oxygens (including phenoxy) is 1. The predicted octanol–water partition coefficient (Wildman–Crippen LogP) is 2.10. The molecule has 0 aliphatic rings. The first kappa shape index (κ1) is 11.8. The third kappa shape index (κ3) is 3.39. The van der Waals surface area contributed by atoms with Gasteiger partial charge < -0.3 is 10.5 Å². The minimum Gasteiger partial charge on any atom is -0.485 e. The number of alkyl halides is 2. The molecule has 0 atom stereocenters. The fraction of sp³-hybridized carbons (Fsp3) is 0.222. The van der Waals surface area contributed by atoms with Gasteiger partial charge in [0.25, 0.3) is 6.43 Å². The number of thiocarbonyl (C=S) groups is 1. The molecule has 0 aliphatic heterocycles. The summed E-state index contributed by atoms with van der Waals surface area (Å²) in [4.78, 5) is 0.0364. The van der Waals surface area contributed by atoms with Crippen LogP contribution < -0.4 is 10.5 Å². The summed E-state index contributed by atoms with van der Waals surface area (Å²) in [6, 6.07) is 3.67. The lowest BCUT2D eigenvalue weighted by Crippen LogP contribution is -2.11. The molecule has 0 spiro atoms. The fourth-order valence-corrected chi connectivity index (χ4v) is 1.05. The van der Waals surface area contributed by atoms with Gasteiger partial charge >= 0.3 is 0 Å². The van der Waals surface area contributed by atoms with E-state index in [4.69, 9.17) is 5.73 Å². The third-order valence-corrected chi connectivity index (χ3v) is 1.82. The summed E-state index contributed by atoms with van der Waals surface area (Å²) in [5.41, 5.74) is 5.58. The van der Waals surface area contributed by atoms with E-state index in [0.29, 0.717) is 5.56 Å². The van der Waals surface area contributed by atoms with E-state index in [2.05, 4.69) is 17.0 Å². The van der Waals surface area contributed by atoms with Gasteiger partial charge in [0.15, 0.2) is 11.6 Å². The zero-order valence-corrected chi connectivity index (χ0v) is 8.36. The van der Waals surface area contributed by atoms with E-state index in [1.807, 2.05) is 0 Å². The van der Waals surface area contributed by atoms with Crippen molar-refractivity contribution in [2.75, 3.05) is 6.61 Å². The second-order valence-corrected chi connectivity index (χ2v) is 3.15. The molecule has 0 unspecified atom stereocenters. The second kappa shape index (κ2) is 4.97. The molecule has 0 aliphatic carbocycles. The van der Waals surface area contributed by atoms with Crippen LogP contribution in [-0.4, -0.2) is 18.0 Å². The van der Waals surface area contributed by atoms with Gasteiger partial charge in [0.05, 0.1) is 0 Å². The van der Waals surface area contributed by atoms with Crippen molar-refractivity contribution in [2.45, 2.75) is 6.43 Å². The Kier molecular flexibility index (Phi) is 3.90. The van der Waals surface area contributed by atoms with E-state index >= 15 is 0 Å². The van der Waals surface area contributed by atoms with E-state index in [0.717, 1.165) is 6.07 Å². The first-order valence-corrected chi connectivity index (χ1v) is 4.42. The third-order valence-electron chi connectivity index (χ3n) is 1.58. The molecule has 0 aromatic heterocycles. The molecule has 6 heteroatoms. The molecule has 2 nitrogen and oxygen atoms in total. The Balaban J connectivity index is 2.79. The quantitative estimate of drug-likeness (QED) is 0.812. The van der Waals surface area contributed by atoms with Crippen LogP contribution in [-0.2, 0) is 0 Å². The van der Waals surface area contributed by atoms with Gasteiger partial charge in [0, 0.05) is 5.56 Å². The summed E-state index contributed by atoms with van der Waals surface area (Å²) in [6.45, 7) is -0.844. The van der Waals surface area contributed by atoms with E-state index in [1.165, 1.54) is 12.1 Å². The number of nitrogens with two attached hydrogens (primary N) is 1. The molecule has 0 radical (unpaired) electrons. The van der Waals surface area contributed by atoms with Crippen molar-refractivity contribution in [3.8, 4) is 5.75 Å². The average Bonchev–Trinajstić information content (AvgIpc) is 2.15. The van der Waals surface area contributed by atoms with Crippen LogP contribution in [0.25, 0.3) is 0 Å². The summed E-state index contributed by atoms with van der Waals surface area (Å²) in [7, 11) is 0. The number of rotatable bonds is 4. The van der Waals surface area contributed by atoms with E-state index in [-0.39, 0.29) is 10.7 Å². The molecule has 15 heavy (non-hydrogen) atoms. The van der Waals surface area contributed by atoms with Crippen molar-refractivity contribution in [3.63, 3.8) is 0 Å². The lowest BCUT2D eigenvalue weighted by molar-refractivity contribution is 0.0799. The molecular weight excluding hydrogens is 227 g/mol. The molecule has 2 N–H and O–H groups in total. The van der Waals surface area contributed by atoms with Gasteiger partial charge in [-0.25, -0.2) is 13.2 Å². The maximum absolute atomic E-state index is 13.2. The van der Waals surface area contributed by atoms with Gasteiger partial charge in [-0.2, -0.15) is 0 Å². The van der Waals surface area contributed by atoms with Gasteiger partial charge in [-0.05, 0) is 18.2 Å². The maximum Gasteiger partial charge on any atom is 0.272 e. The Hall–Kier alpha value is -1.30. The van der Waals surface area contributed by atoms with Crippen LogP contribution in [0.2, 0.25) is 0 Å². The molecule has 0 saturated carbocycles. The van der Waals surface area contributed by atoms with Gasteiger partial charge in [-0.1, -0.05) is 12.2 Å². The lowest BCUT2D eigenvalue weighted by Gasteiger charge is -2.07. The standard InChI is InChI=1S/C9H8F3NOS/c10-6-3-5(9(13)15)1-2-7(6)14-4-8(11)12/h1-3,8H,4H2,(H2,13,15). The minimum absolute atomic E-state index is 0.0364. The largest absolute Gasteiger partial charge is 0.485 e. The van der Waals surface area contributed by atoms with Crippen molar-refractivity contribution in [2.24, 2.45) is 5.73 Å². The van der Waals surface area contributed by atoms with Crippen LogP contribution >= 0.6 is 12.2 Å². The van der Waals surface area contributed by atoms with Gasteiger partial charge in [-0.15, -0.1) is 0 Å². The highest BCUT2D eigenvalue weighted by Crippen LogP contribution is 2.18. The lowest BCUT2D eigenvalue weighted by atomic mass is 10.2. The normalized spacial score (nSPS) is 10.4. The molecule has 0 amide bonds. The molecule has 0 saturated heterocycles. The second-order valence-electron chi connectivity index (χ2n) is 2.71. The van der Waals surface area contributed by atoms with Crippen molar-refractivity contribution < 1.29 is 17.9 Å². The van der Waals surface area contributed by atoms with Crippen LogP contribution in [0.5, 0.6) is 5.75 Å². The predicted molar refractivity (Wildman–Crippen MR) is 53.8 cm³/mol. The maximum atomic E-state index is 13.2. The summed E-state index contributed by atoms with van der Waals surface area (Å²) in [5, 5.41) is 0. The zero-order chi connectivity index (χ0) is 11.4. The highest BCUT2D eigenvalue weighted by Gasteiger charge is 2.09. The highest BCUT2D eigenvalue weighted by molar-refractivity contribution is 7.80. The molecule has 0 fully saturated rings. The number of hydrogen-bond acceptors (Lipinski definition) is 2. The molecule has 0 heterocycles. The van der Waals surface area contributed by atoms with Crippen LogP contribution in [0.15, 0.2) is 18.2 Å². The molecular formula is C9H8F3NOS.